The lowest BCUT2D eigenvalue weighted by molar-refractivity contribution is 1.26. The Morgan fingerprint density at radius 3 is 2.75 bits per heavy atom. The van der Waals surface area contributed by atoms with Gasteiger partial charge >= 0.3 is 0 Å². The third-order valence-electron chi connectivity index (χ3n) is 2.90. The Labute approximate surface area is 94.4 Å². The van der Waals surface area contributed by atoms with Gasteiger partial charge in [-0.2, -0.15) is 0 Å². The molecule has 1 aliphatic carbocycles. The number of allylic oxidation sites excluding steroid dienone is 1. The maximum absolute atomic E-state index is 3.99. The zero-order valence-corrected chi connectivity index (χ0v) is 9.03. The maximum atomic E-state index is 3.99. The van der Waals surface area contributed by atoms with Crippen LogP contribution >= 0.6 is 0 Å². The van der Waals surface area contributed by atoms with E-state index in [2.05, 4.69) is 54.0 Å². The van der Waals surface area contributed by atoms with Gasteiger partial charge < -0.3 is 4.98 Å². The van der Waals surface area contributed by atoms with Crippen LogP contribution in [0.3, 0.4) is 0 Å². The molecule has 0 atom stereocenters. The molecule has 1 N–H and O–H groups in total. The predicted octanol–water partition coefficient (Wildman–Crippen LogP) is 2.20. The molecule has 0 aliphatic heterocycles. The topological polar surface area (TPSA) is 15.8 Å². The summed E-state index contributed by atoms with van der Waals surface area (Å²) in [6.07, 6.45) is 5.31. The minimum absolute atomic E-state index is 0.957. The van der Waals surface area contributed by atoms with Crippen LogP contribution in [-0.2, 0) is 0 Å². The average Bonchev–Trinajstić information content (AvgIpc) is 2.73. The Balaban J connectivity index is 2.20. The van der Waals surface area contributed by atoms with Crippen LogP contribution in [0.5, 0.6) is 0 Å². The maximum Gasteiger partial charge on any atom is 0.0464 e. The second-order valence-corrected chi connectivity index (χ2v) is 4.13. The van der Waals surface area contributed by atoms with Gasteiger partial charge in [-0.25, -0.2) is 0 Å². The summed E-state index contributed by atoms with van der Waals surface area (Å²) >= 11 is 0. The summed E-state index contributed by atoms with van der Waals surface area (Å²) in [4.78, 5) is 3.43. The van der Waals surface area contributed by atoms with E-state index in [1.54, 1.807) is 0 Å². The van der Waals surface area contributed by atoms with E-state index in [9.17, 15) is 0 Å². The monoisotopic (exact) mass is 207 g/mol. The molecule has 1 heteroatoms. The van der Waals surface area contributed by atoms with E-state index in [0.717, 1.165) is 12.0 Å². The summed E-state index contributed by atoms with van der Waals surface area (Å²) in [6, 6.07) is 12.6. The van der Waals surface area contributed by atoms with Crippen molar-refractivity contribution in [3.63, 3.8) is 0 Å². The highest BCUT2D eigenvalue weighted by Gasteiger charge is 2.02. The Hall–Kier alpha value is -2.02. The van der Waals surface area contributed by atoms with E-state index in [4.69, 9.17) is 0 Å². The molecule has 1 nitrogen and oxygen atoms in total. The largest absolute Gasteiger partial charge is 0.355 e. The second-order valence-electron chi connectivity index (χ2n) is 4.13. The number of hydrogen-bond acceptors (Lipinski definition) is 0. The fourth-order valence-electron chi connectivity index (χ4n) is 2.05. The first-order valence-corrected chi connectivity index (χ1v) is 5.47. The van der Waals surface area contributed by atoms with Crippen LogP contribution in [-0.4, -0.2) is 4.98 Å². The highest BCUT2D eigenvalue weighted by molar-refractivity contribution is 5.63. The van der Waals surface area contributed by atoms with Gasteiger partial charge in [0.15, 0.2) is 0 Å². The Kier molecular flexibility index (Phi) is 2.03. The van der Waals surface area contributed by atoms with Crippen molar-refractivity contribution >= 4 is 12.2 Å². The van der Waals surface area contributed by atoms with E-state index in [1.807, 2.05) is 6.07 Å². The molecule has 0 amide bonds. The second kappa shape index (κ2) is 3.53. The lowest BCUT2D eigenvalue weighted by Crippen LogP contribution is -2.24. The number of benzene rings is 1. The molecule has 16 heavy (non-hydrogen) atoms. The highest BCUT2D eigenvalue weighted by Crippen LogP contribution is 2.13. The minimum Gasteiger partial charge on any atom is -0.355 e. The molecule has 1 aromatic carbocycles. The highest BCUT2D eigenvalue weighted by atomic mass is 14.7. The number of aromatic nitrogens is 1. The lowest BCUT2D eigenvalue weighted by atomic mass is 10.1. The van der Waals surface area contributed by atoms with Crippen molar-refractivity contribution in [1.82, 2.24) is 4.98 Å². The van der Waals surface area contributed by atoms with Crippen molar-refractivity contribution in [3.05, 3.63) is 59.1 Å². The van der Waals surface area contributed by atoms with Crippen molar-refractivity contribution in [2.75, 3.05) is 0 Å². The summed E-state index contributed by atoms with van der Waals surface area (Å²) in [6.45, 7) is 3.99. The Morgan fingerprint density at radius 2 is 1.94 bits per heavy atom. The smallest absolute Gasteiger partial charge is 0.0464 e. The van der Waals surface area contributed by atoms with E-state index in [0.29, 0.717) is 0 Å². The van der Waals surface area contributed by atoms with E-state index in [1.165, 1.54) is 21.8 Å². The third kappa shape index (κ3) is 1.50. The number of hydrogen-bond donors (Lipinski definition) is 1. The van der Waals surface area contributed by atoms with Crippen LogP contribution in [0.4, 0.5) is 0 Å². The quantitative estimate of drug-likeness (QED) is 0.738. The van der Waals surface area contributed by atoms with Crippen LogP contribution in [0.15, 0.2) is 48.6 Å². The van der Waals surface area contributed by atoms with Crippen LogP contribution in [0.1, 0.15) is 6.42 Å². The van der Waals surface area contributed by atoms with Crippen LogP contribution in [0.2, 0.25) is 0 Å². The van der Waals surface area contributed by atoms with Gasteiger partial charge in [-0.15, -0.1) is 0 Å². The summed E-state index contributed by atoms with van der Waals surface area (Å²) < 4.78 is 0. The SMILES string of the molecule is C=C1C=c2[nH]c(-c3ccccc3)cc2=CC1. The van der Waals surface area contributed by atoms with Crippen molar-refractivity contribution < 1.29 is 0 Å². The molecule has 0 radical (unpaired) electrons. The normalized spacial score (nSPS) is 13.9. The number of H-pyrrole nitrogens is 1. The summed E-state index contributed by atoms with van der Waals surface area (Å²) in [5, 5.41) is 2.46. The van der Waals surface area contributed by atoms with Crippen molar-refractivity contribution in [1.29, 1.82) is 0 Å². The van der Waals surface area contributed by atoms with Crippen LogP contribution in [0, 0.1) is 0 Å². The molecule has 0 unspecified atom stereocenters. The van der Waals surface area contributed by atoms with Crippen molar-refractivity contribution in [3.8, 4) is 11.3 Å². The number of rotatable bonds is 1. The van der Waals surface area contributed by atoms with Gasteiger partial charge in [-0.1, -0.05) is 43.0 Å². The summed E-state index contributed by atoms with van der Waals surface area (Å²) in [5.41, 5.74) is 3.56. The van der Waals surface area contributed by atoms with Gasteiger partial charge in [0.25, 0.3) is 0 Å². The molecular formula is C15H13N. The first kappa shape index (κ1) is 9.22. The van der Waals surface area contributed by atoms with Crippen LogP contribution < -0.4 is 10.6 Å². The molecule has 78 valence electrons. The summed E-state index contributed by atoms with van der Waals surface area (Å²) in [5.74, 6) is 0. The molecule has 0 fully saturated rings. The van der Waals surface area contributed by atoms with Crippen molar-refractivity contribution in [2.45, 2.75) is 6.42 Å². The molecule has 1 aromatic heterocycles. The van der Waals surface area contributed by atoms with Gasteiger partial charge in [0.2, 0.25) is 0 Å². The molecule has 3 rings (SSSR count). The van der Waals surface area contributed by atoms with Crippen molar-refractivity contribution in [2.24, 2.45) is 0 Å². The van der Waals surface area contributed by atoms with E-state index >= 15 is 0 Å². The summed E-state index contributed by atoms with van der Waals surface area (Å²) in [7, 11) is 0. The zero-order chi connectivity index (χ0) is 11.0. The van der Waals surface area contributed by atoms with Crippen LogP contribution in [0.25, 0.3) is 23.4 Å². The molecule has 1 heterocycles. The lowest BCUT2D eigenvalue weighted by Gasteiger charge is -1.97. The predicted molar refractivity (Wildman–Crippen MR) is 68.2 cm³/mol. The van der Waals surface area contributed by atoms with Gasteiger partial charge in [0.1, 0.15) is 0 Å². The van der Waals surface area contributed by atoms with Gasteiger partial charge in [-0.3, -0.25) is 0 Å². The van der Waals surface area contributed by atoms with Gasteiger partial charge in [-0.05, 0) is 34.9 Å². The first-order valence-electron chi connectivity index (χ1n) is 5.47. The Bertz CT molecular complexity index is 644. The van der Waals surface area contributed by atoms with E-state index < -0.39 is 0 Å². The average molecular weight is 207 g/mol. The molecule has 0 saturated heterocycles. The molecule has 0 saturated carbocycles. The molecule has 0 spiro atoms. The number of nitrogens with one attached hydrogen (secondary N) is 1. The molecular weight excluding hydrogens is 194 g/mol. The molecule has 2 aromatic rings. The molecule has 0 bridgehead atoms. The fourth-order valence-corrected chi connectivity index (χ4v) is 2.05. The number of fused-ring (bicyclic) bond motifs is 1. The third-order valence-corrected chi connectivity index (χ3v) is 2.90. The fraction of sp³-hybridized carbons (Fsp3) is 0.0667. The Morgan fingerprint density at radius 1 is 1.12 bits per heavy atom. The zero-order valence-electron chi connectivity index (χ0n) is 9.03. The standard InChI is InChI=1S/C15H13N/c1-11-7-8-13-10-15(16-14(13)9-11)12-5-3-2-4-6-12/h2-6,8-10,16H,1,7H2. The van der Waals surface area contributed by atoms with E-state index in [-0.39, 0.29) is 0 Å². The minimum atomic E-state index is 0.957. The molecule has 1 aliphatic rings. The van der Waals surface area contributed by atoms with Gasteiger partial charge in [0, 0.05) is 11.0 Å². The first-order chi connectivity index (χ1) is 7.83. The number of aromatic amines is 1. The van der Waals surface area contributed by atoms with Gasteiger partial charge in [0.05, 0.1) is 0 Å².